The SMILES string of the molecule is CN(C)CCn1c2c(c3cncnc31)OCO2. The summed E-state index contributed by atoms with van der Waals surface area (Å²) in [6, 6.07) is 0. The molecule has 1 aliphatic heterocycles. The van der Waals surface area contributed by atoms with Crippen LogP contribution in [0.15, 0.2) is 12.5 Å². The molecule has 0 spiro atoms. The molecule has 0 N–H and O–H groups in total. The van der Waals surface area contributed by atoms with Crippen molar-refractivity contribution in [2.75, 3.05) is 27.4 Å². The highest BCUT2D eigenvalue weighted by Crippen LogP contribution is 2.41. The minimum Gasteiger partial charge on any atom is -0.451 e. The molecule has 6 heteroatoms. The van der Waals surface area contributed by atoms with E-state index in [9.17, 15) is 0 Å². The van der Waals surface area contributed by atoms with Crippen LogP contribution in [0.1, 0.15) is 0 Å². The van der Waals surface area contributed by atoms with E-state index in [1.54, 1.807) is 12.5 Å². The third-order valence-electron chi connectivity index (χ3n) is 2.80. The van der Waals surface area contributed by atoms with Gasteiger partial charge in [0, 0.05) is 19.3 Å². The molecule has 0 fully saturated rings. The summed E-state index contributed by atoms with van der Waals surface area (Å²) in [7, 11) is 4.08. The van der Waals surface area contributed by atoms with Crippen LogP contribution in [0, 0.1) is 0 Å². The molecular weight excluding hydrogens is 220 g/mol. The minimum atomic E-state index is 0.275. The van der Waals surface area contributed by atoms with Gasteiger partial charge in [-0.05, 0) is 14.1 Å². The molecule has 0 saturated heterocycles. The summed E-state index contributed by atoms with van der Waals surface area (Å²) < 4.78 is 13.0. The van der Waals surface area contributed by atoms with Crippen molar-refractivity contribution in [3.8, 4) is 11.6 Å². The molecule has 1 aliphatic rings. The molecule has 2 aromatic rings. The van der Waals surface area contributed by atoms with Crippen molar-refractivity contribution in [1.29, 1.82) is 0 Å². The molecule has 0 aliphatic carbocycles. The zero-order valence-electron chi connectivity index (χ0n) is 9.88. The fraction of sp³-hybridized carbons (Fsp3) is 0.455. The lowest BCUT2D eigenvalue weighted by Gasteiger charge is -2.11. The summed E-state index contributed by atoms with van der Waals surface area (Å²) >= 11 is 0. The first-order valence-corrected chi connectivity index (χ1v) is 5.50. The third-order valence-corrected chi connectivity index (χ3v) is 2.80. The summed E-state index contributed by atoms with van der Waals surface area (Å²) in [4.78, 5) is 10.4. The van der Waals surface area contributed by atoms with E-state index in [0.29, 0.717) is 0 Å². The molecule has 0 radical (unpaired) electrons. The van der Waals surface area contributed by atoms with E-state index < -0.39 is 0 Å². The van der Waals surface area contributed by atoms with Crippen molar-refractivity contribution >= 4 is 11.0 Å². The van der Waals surface area contributed by atoms with Crippen LogP contribution in [0.2, 0.25) is 0 Å². The van der Waals surface area contributed by atoms with Gasteiger partial charge in [0.1, 0.15) is 12.0 Å². The predicted molar refractivity (Wildman–Crippen MR) is 62.2 cm³/mol. The van der Waals surface area contributed by atoms with Crippen LogP contribution in [0.5, 0.6) is 11.6 Å². The van der Waals surface area contributed by atoms with Crippen molar-refractivity contribution in [3.05, 3.63) is 12.5 Å². The van der Waals surface area contributed by atoms with Gasteiger partial charge in [0.05, 0.1) is 5.39 Å². The fourth-order valence-electron chi connectivity index (χ4n) is 1.97. The molecular formula is C11H14N4O2. The predicted octanol–water partition coefficient (Wildman–Crippen LogP) is 0.722. The number of hydrogen-bond donors (Lipinski definition) is 0. The summed E-state index contributed by atoms with van der Waals surface area (Å²) in [6.45, 7) is 2.01. The zero-order valence-corrected chi connectivity index (χ0v) is 9.88. The van der Waals surface area contributed by atoms with Crippen molar-refractivity contribution in [2.45, 2.75) is 6.54 Å². The smallest absolute Gasteiger partial charge is 0.242 e. The average Bonchev–Trinajstić information content (AvgIpc) is 2.87. The van der Waals surface area contributed by atoms with Crippen molar-refractivity contribution in [2.24, 2.45) is 0 Å². The largest absolute Gasteiger partial charge is 0.451 e. The van der Waals surface area contributed by atoms with Crippen LogP contribution in [0.25, 0.3) is 11.0 Å². The van der Waals surface area contributed by atoms with Gasteiger partial charge in [-0.15, -0.1) is 0 Å². The van der Waals surface area contributed by atoms with Crippen molar-refractivity contribution < 1.29 is 9.47 Å². The molecule has 3 heterocycles. The quantitative estimate of drug-likeness (QED) is 0.783. The third kappa shape index (κ3) is 1.61. The Balaban J connectivity index is 2.09. The normalized spacial score (nSPS) is 13.8. The van der Waals surface area contributed by atoms with E-state index in [1.807, 2.05) is 18.7 Å². The van der Waals surface area contributed by atoms with Gasteiger partial charge in [0.2, 0.25) is 12.7 Å². The van der Waals surface area contributed by atoms with Crippen LogP contribution in [0.3, 0.4) is 0 Å². The molecule has 0 bridgehead atoms. The standard InChI is InChI=1S/C11H14N4O2/c1-14(2)3-4-15-10-8(5-12-6-13-10)9-11(15)17-7-16-9/h5-6H,3-4,7H2,1-2H3. The van der Waals surface area contributed by atoms with Crippen molar-refractivity contribution in [1.82, 2.24) is 19.4 Å². The van der Waals surface area contributed by atoms with Crippen LogP contribution >= 0.6 is 0 Å². The maximum atomic E-state index is 5.50. The van der Waals surface area contributed by atoms with Crippen LogP contribution < -0.4 is 9.47 Å². The molecule has 17 heavy (non-hydrogen) atoms. The zero-order chi connectivity index (χ0) is 11.8. The van der Waals surface area contributed by atoms with E-state index in [4.69, 9.17) is 9.47 Å². The van der Waals surface area contributed by atoms with Crippen LogP contribution in [-0.4, -0.2) is 46.9 Å². The molecule has 0 amide bonds. The maximum absolute atomic E-state index is 5.50. The van der Waals surface area contributed by atoms with E-state index in [-0.39, 0.29) is 6.79 Å². The Labute approximate surface area is 98.8 Å². The first-order chi connectivity index (χ1) is 8.27. The summed E-state index contributed by atoms with van der Waals surface area (Å²) in [6.07, 6.45) is 3.31. The van der Waals surface area contributed by atoms with Gasteiger partial charge in [-0.3, -0.25) is 4.57 Å². The number of fused-ring (bicyclic) bond motifs is 3. The number of ether oxygens (including phenoxy) is 2. The molecule has 0 unspecified atom stereocenters. The molecule has 6 nitrogen and oxygen atoms in total. The number of likely N-dealkylation sites (N-methyl/N-ethyl adjacent to an activating group) is 1. The van der Waals surface area contributed by atoms with E-state index in [1.165, 1.54) is 0 Å². The lowest BCUT2D eigenvalue weighted by Crippen LogP contribution is -2.19. The molecule has 3 rings (SSSR count). The minimum absolute atomic E-state index is 0.275. The van der Waals surface area contributed by atoms with E-state index >= 15 is 0 Å². The number of rotatable bonds is 3. The van der Waals surface area contributed by atoms with Crippen molar-refractivity contribution in [3.63, 3.8) is 0 Å². The fourth-order valence-corrected chi connectivity index (χ4v) is 1.97. The summed E-state index contributed by atoms with van der Waals surface area (Å²) in [5, 5.41) is 0.916. The topological polar surface area (TPSA) is 52.4 Å². The highest BCUT2D eigenvalue weighted by Gasteiger charge is 2.25. The first-order valence-electron chi connectivity index (χ1n) is 5.50. The summed E-state index contributed by atoms with van der Waals surface area (Å²) in [5.74, 6) is 1.53. The van der Waals surface area contributed by atoms with Crippen LogP contribution in [-0.2, 0) is 6.54 Å². The average molecular weight is 234 g/mol. The van der Waals surface area contributed by atoms with E-state index in [2.05, 4.69) is 14.9 Å². The Bertz CT molecular complexity index is 550. The number of hydrogen-bond acceptors (Lipinski definition) is 5. The highest BCUT2D eigenvalue weighted by molar-refractivity contribution is 5.86. The van der Waals surface area contributed by atoms with Crippen LogP contribution in [0.4, 0.5) is 0 Å². The first kappa shape index (κ1) is 10.3. The summed E-state index contributed by atoms with van der Waals surface area (Å²) in [5.41, 5.74) is 0.867. The second kappa shape index (κ2) is 3.89. The monoisotopic (exact) mass is 234 g/mol. The van der Waals surface area contributed by atoms with E-state index in [0.717, 1.165) is 35.8 Å². The Kier molecular flexibility index (Phi) is 2.36. The Morgan fingerprint density at radius 2 is 2.29 bits per heavy atom. The van der Waals surface area contributed by atoms with Gasteiger partial charge >= 0.3 is 0 Å². The van der Waals surface area contributed by atoms with Gasteiger partial charge in [-0.2, -0.15) is 0 Å². The Morgan fingerprint density at radius 3 is 3.12 bits per heavy atom. The molecule has 0 saturated carbocycles. The van der Waals surface area contributed by atoms with Gasteiger partial charge in [0.25, 0.3) is 0 Å². The molecule has 0 aromatic carbocycles. The lowest BCUT2D eigenvalue weighted by atomic mass is 10.4. The molecule has 2 aromatic heterocycles. The highest BCUT2D eigenvalue weighted by atomic mass is 16.7. The second-order valence-corrected chi connectivity index (χ2v) is 4.26. The number of aromatic nitrogens is 3. The Morgan fingerprint density at radius 1 is 1.41 bits per heavy atom. The Hall–Kier alpha value is -1.82. The van der Waals surface area contributed by atoms with Gasteiger partial charge in [-0.1, -0.05) is 0 Å². The molecule has 90 valence electrons. The van der Waals surface area contributed by atoms with Gasteiger partial charge in [-0.25, -0.2) is 9.97 Å². The maximum Gasteiger partial charge on any atom is 0.242 e. The lowest BCUT2D eigenvalue weighted by molar-refractivity contribution is 0.166. The van der Waals surface area contributed by atoms with Gasteiger partial charge < -0.3 is 14.4 Å². The number of nitrogens with zero attached hydrogens (tertiary/aromatic N) is 4. The second-order valence-electron chi connectivity index (χ2n) is 4.26. The molecule has 0 atom stereocenters. The van der Waals surface area contributed by atoms with Gasteiger partial charge in [0.15, 0.2) is 5.75 Å².